The van der Waals surface area contributed by atoms with Gasteiger partial charge in [-0.15, -0.1) is 0 Å². The van der Waals surface area contributed by atoms with Gasteiger partial charge in [0.25, 0.3) is 0 Å². The summed E-state index contributed by atoms with van der Waals surface area (Å²) in [4.78, 5) is 17.8. The Hall–Kier alpha value is -2.05. The number of aryl methyl sites for hydroxylation is 1. The number of anilines is 1. The molecule has 0 aromatic carbocycles. The highest BCUT2D eigenvalue weighted by Crippen LogP contribution is 2.48. The van der Waals surface area contributed by atoms with Gasteiger partial charge in [-0.25, -0.2) is 9.97 Å². The van der Waals surface area contributed by atoms with Gasteiger partial charge in [-0.1, -0.05) is 12.5 Å². The van der Waals surface area contributed by atoms with E-state index in [0.717, 1.165) is 55.2 Å². The topological polar surface area (TPSA) is 65.4 Å². The first-order chi connectivity index (χ1) is 13.0. The minimum absolute atomic E-state index is 0.224. The van der Waals surface area contributed by atoms with E-state index in [2.05, 4.69) is 25.9 Å². The summed E-state index contributed by atoms with van der Waals surface area (Å²) in [6.45, 7) is 4.64. The normalized spacial score (nSPS) is 28.1. The fourth-order valence-electron chi connectivity index (χ4n) is 4.71. The number of rotatable bonds is 4. The number of aromatic nitrogens is 3. The van der Waals surface area contributed by atoms with Crippen LogP contribution in [0.25, 0.3) is 0 Å². The lowest BCUT2D eigenvalue weighted by molar-refractivity contribution is -0.151. The highest BCUT2D eigenvalue weighted by Gasteiger charge is 2.52. The standard InChI is InChI=1S/C21H29N5O/c1-15-7-8-19(22-9-15)21(27)17-5-4-6-18(21)14-26(13-17)12-16-10-23-20(24-11-16)25(2)3/h7-11,17-18,27H,4-6,12-14H2,1-3H3/t17-,18+,21?. The lowest BCUT2D eigenvalue weighted by atomic mass is 9.64. The zero-order valence-electron chi connectivity index (χ0n) is 16.5. The molecule has 2 aliphatic rings. The van der Waals surface area contributed by atoms with Gasteiger partial charge in [-0.3, -0.25) is 9.88 Å². The quantitative estimate of drug-likeness (QED) is 0.895. The monoisotopic (exact) mass is 367 g/mol. The van der Waals surface area contributed by atoms with Crippen LogP contribution in [0.3, 0.4) is 0 Å². The van der Waals surface area contributed by atoms with Crippen LogP contribution in [0, 0.1) is 18.8 Å². The van der Waals surface area contributed by atoms with Crippen molar-refractivity contribution in [3.8, 4) is 0 Å². The minimum Gasteiger partial charge on any atom is -0.383 e. The van der Waals surface area contributed by atoms with Gasteiger partial charge < -0.3 is 10.0 Å². The van der Waals surface area contributed by atoms with Gasteiger partial charge in [0.05, 0.1) is 5.69 Å². The predicted octanol–water partition coefficient (Wildman–Crippen LogP) is 2.37. The minimum atomic E-state index is -0.798. The highest BCUT2D eigenvalue weighted by molar-refractivity contribution is 5.27. The summed E-state index contributed by atoms with van der Waals surface area (Å²) in [5.74, 6) is 1.18. The molecule has 6 heteroatoms. The molecular weight excluding hydrogens is 338 g/mol. The first-order valence-corrected chi connectivity index (χ1v) is 9.83. The summed E-state index contributed by atoms with van der Waals surface area (Å²) in [5, 5.41) is 11.7. The second-order valence-corrected chi connectivity index (χ2v) is 8.35. The van der Waals surface area contributed by atoms with E-state index < -0.39 is 5.60 Å². The molecule has 0 radical (unpaired) electrons. The lowest BCUT2D eigenvalue weighted by Gasteiger charge is -2.52. The summed E-state index contributed by atoms with van der Waals surface area (Å²) in [6, 6.07) is 4.08. The third-order valence-electron chi connectivity index (χ3n) is 6.13. The first-order valence-electron chi connectivity index (χ1n) is 9.83. The maximum atomic E-state index is 11.7. The Labute approximate surface area is 161 Å². The molecule has 144 valence electrons. The average molecular weight is 367 g/mol. The molecule has 2 fully saturated rings. The molecule has 2 bridgehead atoms. The SMILES string of the molecule is Cc1ccc(C2(O)[C@@H]3CCC[C@H]2CN(Cc2cnc(N(C)C)nc2)C3)nc1. The van der Waals surface area contributed by atoms with Crippen LogP contribution in [0.4, 0.5) is 5.95 Å². The van der Waals surface area contributed by atoms with Crippen molar-refractivity contribution in [1.29, 1.82) is 0 Å². The van der Waals surface area contributed by atoms with Crippen molar-refractivity contribution >= 4 is 5.95 Å². The van der Waals surface area contributed by atoms with Gasteiger partial charge in [0.15, 0.2) is 0 Å². The van der Waals surface area contributed by atoms with E-state index in [1.54, 1.807) is 0 Å². The summed E-state index contributed by atoms with van der Waals surface area (Å²) in [6.07, 6.45) is 9.00. The average Bonchev–Trinajstić information content (AvgIpc) is 2.63. The Morgan fingerprint density at radius 1 is 1.07 bits per heavy atom. The summed E-state index contributed by atoms with van der Waals surface area (Å²) in [5.41, 5.74) is 2.30. The van der Waals surface area contributed by atoms with Crippen molar-refractivity contribution in [1.82, 2.24) is 19.9 Å². The highest BCUT2D eigenvalue weighted by atomic mass is 16.3. The van der Waals surface area contributed by atoms with Crippen molar-refractivity contribution in [2.45, 2.75) is 38.3 Å². The number of hydrogen-bond donors (Lipinski definition) is 1. The third kappa shape index (κ3) is 3.44. The van der Waals surface area contributed by atoms with Gasteiger partial charge in [-0.05, 0) is 31.4 Å². The summed E-state index contributed by atoms with van der Waals surface area (Å²) < 4.78 is 0. The molecule has 2 aromatic heterocycles. The smallest absolute Gasteiger partial charge is 0.224 e. The van der Waals surface area contributed by atoms with Crippen LogP contribution in [0.1, 0.15) is 36.1 Å². The van der Waals surface area contributed by atoms with Crippen molar-refractivity contribution < 1.29 is 5.11 Å². The van der Waals surface area contributed by atoms with Crippen LogP contribution in [-0.4, -0.2) is 52.1 Å². The van der Waals surface area contributed by atoms with Gasteiger partial charge in [0.2, 0.25) is 5.95 Å². The fourth-order valence-corrected chi connectivity index (χ4v) is 4.71. The number of pyridine rings is 1. The molecule has 6 nitrogen and oxygen atoms in total. The lowest BCUT2D eigenvalue weighted by Crippen LogP contribution is -2.58. The van der Waals surface area contributed by atoms with E-state index >= 15 is 0 Å². The molecule has 1 saturated carbocycles. The van der Waals surface area contributed by atoms with E-state index in [1.165, 1.54) is 6.42 Å². The first kappa shape index (κ1) is 18.3. The van der Waals surface area contributed by atoms with Crippen molar-refractivity contribution in [2.75, 3.05) is 32.1 Å². The fraction of sp³-hybridized carbons (Fsp3) is 0.571. The van der Waals surface area contributed by atoms with Crippen LogP contribution in [0.5, 0.6) is 0 Å². The molecular formula is C21H29N5O. The third-order valence-corrected chi connectivity index (χ3v) is 6.13. The molecule has 3 heterocycles. The molecule has 1 aliphatic carbocycles. The number of likely N-dealkylation sites (tertiary alicyclic amines) is 1. The molecule has 3 atom stereocenters. The number of fused-ring (bicyclic) bond motifs is 2. The molecule has 2 aromatic rings. The van der Waals surface area contributed by atoms with Crippen LogP contribution < -0.4 is 4.90 Å². The zero-order valence-corrected chi connectivity index (χ0v) is 16.5. The van der Waals surface area contributed by atoms with Crippen LogP contribution in [0.15, 0.2) is 30.7 Å². The Bertz CT molecular complexity index is 760. The summed E-state index contributed by atoms with van der Waals surface area (Å²) >= 11 is 0. The van der Waals surface area contributed by atoms with Gasteiger partial charge in [0.1, 0.15) is 5.60 Å². The number of nitrogens with zero attached hydrogens (tertiary/aromatic N) is 5. The Morgan fingerprint density at radius 3 is 2.30 bits per heavy atom. The maximum absolute atomic E-state index is 11.7. The number of aliphatic hydroxyl groups is 1. The Kier molecular flexibility index (Phi) is 4.86. The molecule has 1 saturated heterocycles. The van der Waals surface area contributed by atoms with E-state index in [4.69, 9.17) is 0 Å². The van der Waals surface area contributed by atoms with E-state index in [1.807, 2.05) is 50.6 Å². The molecule has 1 N–H and O–H groups in total. The van der Waals surface area contributed by atoms with Crippen molar-refractivity contribution in [2.24, 2.45) is 11.8 Å². The maximum Gasteiger partial charge on any atom is 0.224 e. The van der Waals surface area contributed by atoms with E-state index in [0.29, 0.717) is 0 Å². The van der Waals surface area contributed by atoms with Gasteiger partial charge in [0, 0.05) is 69.7 Å². The number of piperidine rings is 1. The predicted molar refractivity (Wildman–Crippen MR) is 105 cm³/mol. The number of hydrogen-bond acceptors (Lipinski definition) is 6. The molecule has 1 unspecified atom stereocenters. The molecule has 4 rings (SSSR count). The Morgan fingerprint density at radius 2 is 1.74 bits per heavy atom. The van der Waals surface area contributed by atoms with Crippen LogP contribution in [-0.2, 0) is 12.1 Å². The van der Waals surface area contributed by atoms with E-state index in [-0.39, 0.29) is 11.8 Å². The van der Waals surface area contributed by atoms with Crippen LogP contribution in [0.2, 0.25) is 0 Å². The van der Waals surface area contributed by atoms with Crippen LogP contribution >= 0.6 is 0 Å². The second kappa shape index (κ2) is 7.17. The van der Waals surface area contributed by atoms with Gasteiger partial charge in [-0.2, -0.15) is 0 Å². The van der Waals surface area contributed by atoms with Gasteiger partial charge >= 0.3 is 0 Å². The summed E-state index contributed by atoms with van der Waals surface area (Å²) in [7, 11) is 3.89. The van der Waals surface area contributed by atoms with Crippen molar-refractivity contribution in [3.05, 3.63) is 47.5 Å². The molecule has 0 spiro atoms. The second-order valence-electron chi connectivity index (χ2n) is 8.35. The Balaban J connectivity index is 1.51. The molecule has 27 heavy (non-hydrogen) atoms. The molecule has 1 aliphatic heterocycles. The molecule has 0 amide bonds. The van der Waals surface area contributed by atoms with Crippen molar-refractivity contribution in [3.63, 3.8) is 0 Å². The zero-order chi connectivity index (χ0) is 19.0. The largest absolute Gasteiger partial charge is 0.383 e. The van der Waals surface area contributed by atoms with E-state index in [9.17, 15) is 5.11 Å².